The lowest BCUT2D eigenvalue weighted by Gasteiger charge is -2.31. The van der Waals surface area contributed by atoms with E-state index in [1.807, 2.05) is 18.2 Å². The highest BCUT2D eigenvalue weighted by atomic mass is 32.2. The monoisotopic (exact) mass is 582 g/mol. The van der Waals surface area contributed by atoms with E-state index >= 15 is 0 Å². The summed E-state index contributed by atoms with van der Waals surface area (Å²) in [5.41, 5.74) is 2.71. The molecular weight excluding hydrogens is 536 g/mol. The largest absolute Gasteiger partial charge is 0.383 e. The number of amides is 2. The average Bonchev–Trinajstić information content (AvgIpc) is 3.78. The van der Waals surface area contributed by atoms with Gasteiger partial charge in [-0.2, -0.15) is 0 Å². The molecule has 0 radical (unpaired) electrons. The molecule has 0 spiro atoms. The van der Waals surface area contributed by atoms with Crippen LogP contribution in [0.15, 0.2) is 53.4 Å². The summed E-state index contributed by atoms with van der Waals surface area (Å²) in [6.45, 7) is 7.42. The molecule has 2 aliphatic rings. The van der Waals surface area contributed by atoms with Gasteiger partial charge in [0.15, 0.2) is 0 Å². The Hall–Kier alpha value is -3.07. The Bertz CT molecular complexity index is 1300. The average molecular weight is 583 g/mol. The Morgan fingerprint density at radius 1 is 0.976 bits per heavy atom. The van der Waals surface area contributed by atoms with Crippen molar-refractivity contribution in [3.8, 4) is 0 Å². The van der Waals surface area contributed by atoms with Gasteiger partial charge < -0.3 is 15.5 Å². The van der Waals surface area contributed by atoms with Gasteiger partial charge in [0, 0.05) is 37.7 Å². The molecular formula is C32H46N4O4S. The third-order valence-electron chi connectivity index (χ3n) is 8.17. The van der Waals surface area contributed by atoms with E-state index in [1.54, 1.807) is 18.2 Å². The number of nitrogens with zero attached hydrogens (tertiary/aromatic N) is 1. The topological polar surface area (TPSA) is 108 Å². The Kier molecular flexibility index (Phi) is 10.00. The third kappa shape index (κ3) is 8.96. The number of sulfonamides is 1. The lowest BCUT2D eigenvalue weighted by Crippen LogP contribution is -2.45. The molecule has 224 valence electrons. The predicted molar refractivity (Wildman–Crippen MR) is 165 cm³/mol. The van der Waals surface area contributed by atoms with Crippen LogP contribution in [-0.2, 0) is 14.8 Å². The van der Waals surface area contributed by atoms with Crippen LogP contribution in [0.4, 0.5) is 11.4 Å². The number of rotatable bonds is 12. The van der Waals surface area contributed by atoms with Crippen LogP contribution in [-0.4, -0.2) is 45.9 Å². The van der Waals surface area contributed by atoms with Crippen molar-refractivity contribution in [1.29, 1.82) is 0 Å². The molecule has 2 aromatic rings. The second kappa shape index (κ2) is 13.3. The quantitative estimate of drug-likeness (QED) is 0.296. The van der Waals surface area contributed by atoms with Gasteiger partial charge in [-0.1, -0.05) is 58.2 Å². The van der Waals surface area contributed by atoms with E-state index in [2.05, 4.69) is 48.1 Å². The minimum atomic E-state index is -3.98. The standard InChI is InChI=1S/C32H46N4O4S/c1-32(2,3)19-20-33-28-21-24(15-18-29(28)36(4)25-16-17-25)31(38)34-27(23-11-7-5-8-12-23)22-30(37)35-41(39,40)26-13-9-6-10-14-26/h6,9-10,13-15,18,21,23,25,27,33H,5,7-8,11-12,16-17,19-20,22H2,1-4H3,(H,34,38)(H,35,37). The van der Waals surface area contributed by atoms with E-state index in [4.69, 9.17) is 0 Å². The molecule has 3 N–H and O–H groups in total. The van der Waals surface area contributed by atoms with Gasteiger partial charge >= 0.3 is 0 Å². The zero-order valence-electron chi connectivity index (χ0n) is 24.9. The summed E-state index contributed by atoms with van der Waals surface area (Å²) in [5.74, 6) is -0.753. The van der Waals surface area contributed by atoms with Gasteiger partial charge in [-0.25, -0.2) is 13.1 Å². The van der Waals surface area contributed by atoms with Crippen molar-refractivity contribution in [1.82, 2.24) is 10.0 Å². The number of hydrogen-bond acceptors (Lipinski definition) is 6. The number of anilines is 2. The Balaban J connectivity index is 1.50. The van der Waals surface area contributed by atoms with Gasteiger partial charge in [0.25, 0.3) is 15.9 Å². The molecule has 1 unspecified atom stereocenters. The Labute approximate surface area is 245 Å². The zero-order chi connectivity index (χ0) is 29.6. The summed E-state index contributed by atoms with van der Waals surface area (Å²) in [7, 11) is -1.88. The lowest BCUT2D eigenvalue weighted by atomic mass is 9.82. The van der Waals surface area contributed by atoms with Crippen LogP contribution in [0.5, 0.6) is 0 Å². The fourth-order valence-corrected chi connectivity index (χ4v) is 6.55. The molecule has 9 heteroatoms. The minimum absolute atomic E-state index is 0.0364. The zero-order valence-corrected chi connectivity index (χ0v) is 25.7. The molecule has 1 atom stereocenters. The molecule has 4 rings (SSSR count). The first-order valence-electron chi connectivity index (χ1n) is 15.0. The van der Waals surface area contributed by atoms with Gasteiger partial charge in [0.2, 0.25) is 5.91 Å². The van der Waals surface area contributed by atoms with E-state index < -0.39 is 22.0 Å². The van der Waals surface area contributed by atoms with Crippen molar-refractivity contribution < 1.29 is 18.0 Å². The Morgan fingerprint density at radius 2 is 1.66 bits per heavy atom. The first-order chi connectivity index (χ1) is 19.4. The van der Waals surface area contributed by atoms with Crippen molar-refractivity contribution in [2.24, 2.45) is 11.3 Å². The summed E-state index contributed by atoms with van der Waals surface area (Å²) in [4.78, 5) is 28.9. The molecule has 2 amide bonds. The number of carbonyl (C=O) groups excluding carboxylic acids is 2. The smallest absolute Gasteiger partial charge is 0.264 e. The fraction of sp³-hybridized carbons (Fsp3) is 0.562. The van der Waals surface area contributed by atoms with Crippen molar-refractivity contribution >= 4 is 33.2 Å². The predicted octanol–water partition coefficient (Wildman–Crippen LogP) is 5.71. The van der Waals surface area contributed by atoms with Crippen molar-refractivity contribution in [2.45, 2.75) is 95.5 Å². The van der Waals surface area contributed by atoms with Crippen LogP contribution in [0, 0.1) is 11.3 Å². The van der Waals surface area contributed by atoms with Crippen LogP contribution in [0.3, 0.4) is 0 Å². The number of carbonyl (C=O) groups is 2. The molecule has 2 aliphatic carbocycles. The maximum Gasteiger partial charge on any atom is 0.264 e. The molecule has 2 aromatic carbocycles. The molecule has 2 saturated carbocycles. The van der Waals surface area contributed by atoms with E-state index in [1.165, 1.54) is 25.0 Å². The molecule has 0 aliphatic heterocycles. The normalized spacial score (nSPS) is 17.0. The van der Waals surface area contributed by atoms with Crippen LogP contribution in [0.2, 0.25) is 0 Å². The highest BCUT2D eigenvalue weighted by molar-refractivity contribution is 7.90. The van der Waals surface area contributed by atoms with E-state index in [0.717, 1.165) is 56.4 Å². The van der Waals surface area contributed by atoms with Gasteiger partial charge in [0.05, 0.1) is 16.3 Å². The molecule has 0 bridgehead atoms. The molecule has 8 nitrogen and oxygen atoms in total. The van der Waals surface area contributed by atoms with Gasteiger partial charge in [-0.3, -0.25) is 9.59 Å². The highest BCUT2D eigenvalue weighted by Gasteiger charge is 2.31. The van der Waals surface area contributed by atoms with Gasteiger partial charge in [-0.05, 0) is 73.8 Å². The van der Waals surface area contributed by atoms with Crippen molar-refractivity contribution in [2.75, 3.05) is 23.8 Å². The molecule has 0 heterocycles. The summed E-state index contributed by atoms with van der Waals surface area (Å²) < 4.78 is 27.7. The first-order valence-corrected chi connectivity index (χ1v) is 16.4. The second-order valence-corrected chi connectivity index (χ2v) is 14.5. The number of nitrogens with one attached hydrogen (secondary N) is 3. The summed E-state index contributed by atoms with van der Waals surface area (Å²) >= 11 is 0. The summed E-state index contributed by atoms with van der Waals surface area (Å²) in [6, 6.07) is 13.7. The SMILES string of the molecule is CN(c1ccc(C(=O)NC(CC(=O)NS(=O)(=O)c2ccccc2)C2CCCCC2)cc1NCCC(C)(C)C)C1CC1. The maximum absolute atomic E-state index is 13.6. The lowest BCUT2D eigenvalue weighted by molar-refractivity contribution is -0.120. The van der Waals surface area contributed by atoms with Crippen molar-refractivity contribution in [3.63, 3.8) is 0 Å². The van der Waals surface area contributed by atoms with Crippen LogP contribution >= 0.6 is 0 Å². The van der Waals surface area contributed by atoms with Crippen LogP contribution < -0.4 is 20.3 Å². The van der Waals surface area contributed by atoms with Crippen LogP contribution in [0.1, 0.15) is 88.9 Å². The van der Waals surface area contributed by atoms with Crippen molar-refractivity contribution in [3.05, 3.63) is 54.1 Å². The minimum Gasteiger partial charge on any atom is -0.383 e. The highest BCUT2D eigenvalue weighted by Crippen LogP contribution is 2.36. The van der Waals surface area contributed by atoms with E-state index in [-0.39, 0.29) is 28.6 Å². The van der Waals surface area contributed by atoms with E-state index in [0.29, 0.717) is 11.6 Å². The fourth-order valence-electron chi connectivity index (χ4n) is 5.53. The molecule has 0 aromatic heterocycles. The Morgan fingerprint density at radius 3 is 2.29 bits per heavy atom. The first kappa shape index (κ1) is 30.9. The van der Waals surface area contributed by atoms with E-state index in [9.17, 15) is 18.0 Å². The van der Waals surface area contributed by atoms with Crippen LogP contribution in [0.25, 0.3) is 0 Å². The maximum atomic E-state index is 13.6. The third-order valence-corrected chi connectivity index (χ3v) is 9.56. The molecule has 0 saturated heterocycles. The van der Waals surface area contributed by atoms with Gasteiger partial charge in [0.1, 0.15) is 0 Å². The number of benzene rings is 2. The summed E-state index contributed by atoms with van der Waals surface area (Å²) in [6.07, 6.45) is 8.23. The molecule has 41 heavy (non-hydrogen) atoms. The van der Waals surface area contributed by atoms with Gasteiger partial charge in [-0.15, -0.1) is 0 Å². The second-order valence-electron chi connectivity index (χ2n) is 12.8. The molecule has 2 fully saturated rings. The number of hydrogen-bond donors (Lipinski definition) is 3. The summed E-state index contributed by atoms with van der Waals surface area (Å²) in [5, 5.41) is 6.68.